The van der Waals surface area contributed by atoms with Crippen LogP contribution < -0.4 is 15.4 Å². The second kappa shape index (κ2) is 5.89. The number of ether oxygens (including phenoxy) is 1. The number of ketones is 1. The van der Waals surface area contributed by atoms with Gasteiger partial charge in [-0.1, -0.05) is 32.1 Å². The molecule has 2 amide bonds. The van der Waals surface area contributed by atoms with Crippen molar-refractivity contribution in [2.24, 2.45) is 11.3 Å². The molecule has 1 saturated heterocycles. The van der Waals surface area contributed by atoms with Crippen LogP contribution in [0.4, 0.5) is 13.6 Å². The third-order valence-corrected chi connectivity index (χ3v) is 4.20. The number of alkyl halides is 2. The van der Waals surface area contributed by atoms with Crippen molar-refractivity contribution < 1.29 is 23.1 Å². The molecule has 1 fully saturated rings. The van der Waals surface area contributed by atoms with Crippen LogP contribution in [0.25, 0.3) is 0 Å². The molecule has 0 saturated carbocycles. The van der Waals surface area contributed by atoms with Gasteiger partial charge in [-0.25, -0.2) is 4.79 Å². The molecule has 24 heavy (non-hydrogen) atoms. The Balaban J connectivity index is 1.92. The van der Waals surface area contributed by atoms with Crippen molar-refractivity contribution in [3.8, 4) is 5.75 Å². The summed E-state index contributed by atoms with van der Waals surface area (Å²) in [4.78, 5) is 24.5. The largest absolute Gasteiger partial charge is 0.435 e. The van der Waals surface area contributed by atoms with Crippen LogP contribution in [-0.4, -0.2) is 18.4 Å². The Morgan fingerprint density at radius 1 is 1.21 bits per heavy atom. The highest BCUT2D eigenvalue weighted by Crippen LogP contribution is 2.40. The number of rotatable bonds is 3. The summed E-state index contributed by atoms with van der Waals surface area (Å²) in [6, 6.07) is 5.04. The summed E-state index contributed by atoms with van der Waals surface area (Å²) >= 11 is 0. The van der Waals surface area contributed by atoms with Crippen LogP contribution in [0.3, 0.4) is 0 Å². The zero-order chi connectivity index (χ0) is 17.5. The molecule has 0 spiro atoms. The minimum atomic E-state index is -2.90. The molecule has 2 atom stereocenters. The van der Waals surface area contributed by atoms with E-state index in [1.54, 1.807) is 12.1 Å². The highest BCUT2D eigenvalue weighted by molar-refractivity contribution is 5.91. The topological polar surface area (TPSA) is 67.4 Å². The van der Waals surface area contributed by atoms with Crippen molar-refractivity contribution in [2.45, 2.75) is 32.9 Å². The van der Waals surface area contributed by atoms with E-state index in [2.05, 4.69) is 15.4 Å². The van der Waals surface area contributed by atoms with Gasteiger partial charge in [0, 0.05) is 12.1 Å². The van der Waals surface area contributed by atoms with Crippen molar-refractivity contribution in [1.82, 2.24) is 10.6 Å². The summed E-state index contributed by atoms with van der Waals surface area (Å²) in [5, 5.41) is 5.46. The Kier molecular flexibility index (Phi) is 4.03. The molecule has 5 nitrogen and oxygen atoms in total. The summed E-state index contributed by atoms with van der Waals surface area (Å²) in [5.74, 6) is -0.443. The molecule has 1 aromatic rings. The van der Waals surface area contributed by atoms with E-state index >= 15 is 0 Å². The summed E-state index contributed by atoms with van der Waals surface area (Å²) < 4.78 is 28.8. The molecule has 1 aromatic carbocycles. The monoisotopic (exact) mass is 336 g/mol. The molecule has 0 aromatic heterocycles. The van der Waals surface area contributed by atoms with Crippen molar-refractivity contribution in [3.05, 3.63) is 41.6 Å². The summed E-state index contributed by atoms with van der Waals surface area (Å²) in [5.41, 5.74) is 0.945. The molecule has 128 valence electrons. The third kappa shape index (κ3) is 3.25. The number of benzene rings is 1. The van der Waals surface area contributed by atoms with Gasteiger partial charge < -0.3 is 15.4 Å². The van der Waals surface area contributed by atoms with Crippen molar-refractivity contribution >= 4 is 11.8 Å². The van der Waals surface area contributed by atoms with Crippen LogP contribution >= 0.6 is 0 Å². The normalized spacial score (nSPS) is 25.5. The molecule has 0 bridgehead atoms. The van der Waals surface area contributed by atoms with Crippen molar-refractivity contribution in [2.75, 3.05) is 0 Å². The molecule has 2 aliphatic rings. The Hall–Kier alpha value is -2.44. The number of urea groups is 1. The Bertz CT molecular complexity index is 698. The maximum Gasteiger partial charge on any atom is 0.387 e. The molecule has 1 heterocycles. The second-order valence-corrected chi connectivity index (χ2v) is 6.73. The van der Waals surface area contributed by atoms with E-state index in [1.165, 1.54) is 12.1 Å². The van der Waals surface area contributed by atoms with E-state index < -0.39 is 18.6 Å². The summed E-state index contributed by atoms with van der Waals surface area (Å²) in [6.45, 7) is 0.979. The first kappa shape index (κ1) is 16.4. The van der Waals surface area contributed by atoms with E-state index in [0.29, 0.717) is 17.7 Å². The molecule has 3 rings (SSSR count). The molecule has 1 aliphatic heterocycles. The molecule has 2 unspecified atom stereocenters. The predicted octanol–water partition coefficient (Wildman–Crippen LogP) is 3.14. The smallest absolute Gasteiger partial charge is 0.387 e. The van der Waals surface area contributed by atoms with Crippen LogP contribution in [0.5, 0.6) is 5.75 Å². The first-order valence-corrected chi connectivity index (χ1v) is 7.63. The average molecular weight is 336 g/mol. The number of carbonyl (C=O) groups is 2. The lowest BCUT2D eigenvalue weighted by Crippen LogP contribution is -2.53. The number of fused-ring (bicyclic) bond motifs is 1. The van der Waals surface area contributed by atoms with Gasteiger partial charge in [-0.15, -0.1) is 0 Å². The second-order valence-electron chi connectivity index (χ2n) is 6.73. The average Bonchev–Trinajstić information content (AvgIpc) is 2.44. The Morgan fingerprint density at radius 3 is 2.50 bits per heavy atom. The SMILES string of the molecule is CC1(C)C=C2NC(=O)NC(c3ccc(OC(F)F)cc3)C2C(=O)C1. The third-order valence-electron chi connectivity index (χ3n) is 4.20. The summed E-state index contributed by atoms with van der Waals surface area (Å²) in [7, 11) is 0. The van der Waals surface area contributed by atoms with E-state index in [-0.39, 0.29) is 23.0 Å². The van der Waals surface area contributed by atoms with Crippen LogP contribution in [0.15, 0.2) is 36.0 Å². The number of amides is 2. The zero-order valence-electron chi connectivity index (χ0n) is 13.3. The minimum absolute atomic E-state index is 0.0286. The van der Waals surface area contributed by atoms with Crippen LogP contribution in [0.1, 0.15) is 31.9 Å². The Morgan fingerprint density at radius 2 is 1.88 bits per heavy atom. The number of carbonyl (C=O) groups excluding carboxylic acids is 2. The van der Waals surface area contributed by atoms with Gasteiger partial charge in [-0.3, -0.25) is 4.79 Å². The lowest BCUT2D eigenvalue weighted by Gasteiger charge is -2.40. The van der Waals surface area contributed by atoms with Crippen LogP contribution in [0, 0.1) is 11.3 Å². The number of nitrogens with one attached hydrogen (secondary N) is 2. The molecule has 7 heteroatoms. The van der Waals surface area contributed by atoms with E-state index in [9.17, 15) is 18.4 Å². The van der Waals surface area contributed by atoms with E-state index in [1.807, 2.05) is 19.9 Å². The van der Waals surface area contributed by atoms with E-state index in [4.69, 9.17) is 0 Å². The van der Waals surface area contributed by atoms with Gasteiger partial charge in [0.2, 0.25) is 0 Å². The van der Waals surface area contributed by atoms with Gasteiger partial charge in [0.15, 0.2) is 0 Å². The van der Waals surface area contributed by atoms with Crippen molar-refractivity contribution in [1.29, 1.82) is 0 Å². The lowest BCUT2D eigenvalue weighted by molar-refractivity contribution is -0.125. The van der Waals surface area contributed by atoms with E-state index in [0.717, 1.165) is 0 Å². The van der Waals surface area contributed by atoms with Crippen LogP contribution in [0.2, 0.25) is 0 Å². The minimum Gasteiger partial charge on any atom is -0.435 e. The molecular weight excluding hydrogens is 318 g/mol. The van der Waals surface area contributed by atoms with Gasteiger partial charge in [-0.05, 0) is 23.1 Å². The fourth-order valence-corrected chi connectivity index (χ4v) is 3.30. The van der Waals surface area contributed by atoms with Gasteiger partial charge in [-0.2, -0.15) is 8.78 Å². The quantitative estimate of drug-likeness (QED) is 0.891. The van der Waals surface area contributed by atoms with Crippen LogP contribution in [-0.2, 0) is 4.79 Å². The van der Waals surface area contributed by atoms with Crippen molar-refractivity contribution in [3.63, 3.8) is 0 Å². The fraction of sp³-hybridized carbons (Fsp3) is 0.412. The van der Waals surface area contributed by atoms with Gasteiger partial charge in [0.25, 0.3) is 0 Å². The molecular formula is C17H18F2N2O3. The first-order chi connectivity index (χ1) is 11.2. The van der Waals surface area contributed by atoms with Gasteiger partial charge in [0.05, 0.1) is 12.0 Å². The molecule has 1 aliphatic carbocycles. The first-order valence-electron chi connectivity index (χ1n) is 7.63. The zero-order valence-corrected chi connectivity index (χ0v) is 13.3. The number of allylic oxidation sites excluding steroid dienone is 1. The number of hydrogen-bond acceptors (Lipinski definition) is 3. The highest BCUT2D eigenvalue weighted by Gasteiger charge is 2.43. The fourth-order valence-electron chi connectivity index (χ4n) is 3.30. The lowest BCUT2D eigenvalue weighted by atomic mass is 9.72. The maximum absolute atomic E-state index is 12.6. The molecule has 0 radical (unpaired) electrons. The maximum atomic E-state index is 12.6. The number of Topliss-reactive ketones (excluding diaryl/α,β-unsaturated/α-hetero) is 1. The Labute approximate surface area is 138 Å². The highest BCUT2D eigenvalue weighted by atomic mass is 19.3. The van der Waals surface area contributed by atoms with Gasteiger partial charge >= 0.3 is 12.6 Å². The number of halogens is 2. The number of hydrogen-bond donors (Lipinski definition) is 2. The van der Waals surface area contributed by atoms with Gasteiger partial charge in [0.1, 0.15) is 11.5 Å². The standard InChI is InChI=1S/C17H18F2N2O3/c1-17(2)7-11-13(12(22)8-17)14(21-16(23)20-11)9-3-5-10(6-4-9)24-15(18)19/h3-7,13-15H,8H2,1-2H3,(H2,20,21,23). The summed E-state index contributed by atoms with van der Waals surface area (Å²) in [6.07, 6.45) is 2.29. The molecule has 2 N–H and O–H groups in total. The predicted molar refractivity (Wildman–Crippen MR) is 82.5 cm³/mol.